The molecule has 7 nitrogen and oxygen atoms in total. The van der Waals surface area contributed by atoms with Gasteiger partial charge < -0.3 is 0 Å². The van der Waals surface area contributed by atoms with E-state index < -0.39 is 11.2 Å². The summed E-state index contributed by atoms with van der Waals surface area (Å²) in [6.07, 6.45) is 0.0774. The van der Waals surface area contributed by atoms with E-state index in [0.717, 1.165) is 11.3 Å². The van der Waals surface area contributed by atoms with Crippen molar-refractivity contribution in [3.8, 4) is 0 Å². The lowest BCUT2D eigenvalue weighted by Crippen LogP contribution is -2.42. The molecular formula is C24H22N4O3. The van der Waals surface area contributed by atoms with Gasteiger partial charge in [0.25, 0.3) is 5.56 Å². The van der Waals surface area contributed by atoms with Gasteiger partial charge in [-0.05, 0) is 29.8 Å². The normalized spacial score (nSPS) is 10.7. The average molecular weight is 414 g/mol. The Morgan fingerprint density at radius 3 is 2.26 bits per heavy atom. The molecule has 0 aliphatic carbocycles. The van der Waals surface area contributed by atoms with Crippen LogP contribution in [0.2, 0.25) is 0 Å². The van der Waals surface area contributed by atoms with Gasteiger partial charge in [-0.25, -0.2) is 4.79 Å². The quantitative estimate of drug-likeness (QED) is 0.455. The molecule has 0 bridgehead atoms. The second kappa shape index (κ2) is 9.13. The first-order valence-electron chi connectivity index (χ1n) is 10.00. The molecule has 4 aromatic rings. The van der Waals surface area contributed by atoms with Gasteiger partial charge in [-0.3, -0.25) is 29.6 Å². The molecule has 3 aromatic carbocycles. The maximum atomic E-state index is 12.8. The third-order valence-corrected chi connectivity index (χ3v) is 4.98. The molecule has 2 N–H and O–H groups in total. The summed E-state index contributed by atoms with van der Waals surface area (Å²) in [7, 11) is 0. The van der Waals surface area contributed by atoms with Crippen molar-refractivity contribution in [2.45, 2.75) is 19.5 Å². The number of aromatic nitrogens is 2. The Balaban J connectivity index is 1.52. The monoisotopic (exact) mass is 414 g/mol. The first-order valence-corrected chi connectivity index (χ1v) is 10.00. The van der Waals surface area contributed by atoms with E-state index in [9.17, 15) is 14.4 Å². The van der Waals surface area contributed by atoms with Crippen LogP contribution in [0.5, 0.6) is 0 Å². The molecule has 1 aromatic heterocycles. The number of carbonyl (C=O) groups excluding carboxylic acids is 1. The molecule has 0 aliphatic heterocycles. The van der Waals surface area contributed by atoms with Gasteiger partial charge in [-0.1, -0.05) is 60.7 Å². The number of hydrogen-bond donors (Lipinski definition) is 2. The molecule has 1 heterocycles. The number of carbonyl (C=O) groups is 1. The van der Waals surface area contributed by atoms with Crippen LogP contribution in [0.1, 0.15) is 12.0 Å². The number of rotatable bonds is 7. The van der Waals surface area contributed by atoms with E-state index in [1.165, 1.54) is 4.57 Å². The summed E-state index contributed by atoms with van der Waals surface area (Å²) < 4.78 is 1.42. The van der Waals surface area contributed by atoms with Crippen molar-refractivity contribution in [2.24, 2.45) is 0 Å². The molecule has 4 rings (SSSR count). The van der Waals surface area contributed by atoms with Gasteiger partial charge >= 0.3 is 5.69 Å². The summed E-state index contributed by atoms with van der Waals surface area (Å²) >= 11 is 0. The molecule has 156 valence electrons. The zero-order valence-corrected chi connectivity index (χ0v) is 16.8. The first kappa shape index (κ1) is 20.2. The Morgan fingerprint density at radius 1 is 0.871 bits per heavy atom. The number of aromatic amines is 1. The third-order valence-electron chi connectivity index (χ3n) is 4.98. The standard InChI is InChI=1S/C24H22N4O3/c29-22(15-16-27-21-14-8-7-13-20(21)23(30)25-24(27)31)26-28(19-11-5-2-6-12-19)17-18-9-3-1-4-10-18/h1-14H,15-17H2,(H,26,29)(H,25,30,31). The maximum Gasteiger partial charge on any atom is 0.328 e. The summed E-state index contributed by atoms with van der Waals surface area (Å²) in [5.41, 5.74) is 4.39. The number of H-pyrrole nitrogens is 1. The molecule has 0 spiro atoms. The fourth-order valence-electron chi connectivity index (χ4n) is 3.45. The number of fused-ring (bicyclic) bond motifs is 1. The van der Waals surface area contributed by atoms with E-state index in [2.05, 4.69) is 10.4 Å². The Morgan fingerprint density at radius 2 is 1.52 bits per heavy atom. The molecule has 0 unspecified atom stereocenters. The molecule has 7 heteroatoms. The van der Waals surface area contributed by atoms with E-state index in [-0.39, 0.29) is 18.9 Å². The highest BCUT2D eigenvalue weighted by Gasteiger charge is 2.13. The summed E-state index contributed by atoms with van der Waals surface area (Å²) in [5.74, 6) is -0.234. The van der Waals surface area contributed by atoms with Crippen LogP contribution in [-0.4, -0.2) is 15.5 Å². The fourth-order valence-corrected chi connectivity index (χ4v) is 3.45. The minimum atomic E-state index is -0.527. The van der Waals surface area contributed by atoms with Crippen molar-refractivity contribution in [3.05, 3.63) is 111 Å². The zero-order chi connectivity index (χ0) is 21.6. The van der Waals surface area contributed by atoms with Crippen LogP contribution in [0.4, 0.5) is 5.69 Å². The van der Waals surface area contributed by atoms with Gasteiger partial charge in [0.1, 0.15) is 0 Å². The van der Waals surface area contributed by atoms with Crippen molar-refractivity contribution in [3.63, 3.8) is 0 Å². The Kier molecular flexibility index (Phi) is 5.93. The molecule has 0 atom stereocenters. The topological polar surface area (TPSA) is 87.2 Å². The molecule has 0 radical (unpaired) electrons. The van der Waals surface area contributed by atoms with Gasteiger partial charge in [0, 0.05) is 13.0 Å². The van der Waals surface area contributed by atoms with Crippen molar-refractivity contribution in [2.75, 3.05) is 5.01 Å². The highest BCUT2D eigenvalue weighted by molar-refractivity contribution is 5.79. The molecule has 1 amide bonds. The van der Waals surface area contributed by atoms with E-state index in [1.807, 2.05) is 60.7 Å². The second-order valence-corrected chi connectivity index (χ2v) is 7.12. The van der Waals surface area contributed by atoms with Crippen molar-refractivity contribution in [1.82, 2.24) is 15.0 Å². The summed E-state index contributed by atoms with van der Waals surface area (Å²) in [6, 6.07) is 26.3. The largest absolute Gasteiger partial charge is 0.328 e. The van der Waals surface area contributed by atoms with E-state index in [1.54, 1.807) is 29.3 Å². The number of aryl methyl sites for hydroxylation is 1. The van der Waals surface area contributed by atoms with Gasteiger partial charge in [0.2, 0.25) is 5.91 Å². The van der Waals surface area contributed by atoms with Crippen LogP contribution < -0.4 is 21.7 Å². The van der Waals surface area contributed by atoms with Crippen LogP contribution in [0.25, 0.3) is 10.9 Å². The van der Waals surface area contributed by atoms with Crippen LogP contribution in [0.15, 0.2) is 94.5 Å². The Labute approximate surface area is 178 Å². The van der Waals surface area contributed by atoms with E-state index in [0.29, 0.717) is 17.4 Å². The Bertz CT molecular complexity index is 1300. The van der Waals surface area contributed by atoms with Crippen molar-refractivity contribution in [1.29, 1.82) is 0 Å². The van der Waals surface area contributed by atoms with Crippen LogP contribution in [-0.2, 0) is 17.9 Å². The van der Waals surface area contributed by atoms with Crippen molar-refractivity contribution >= 4 is 22.5 Å². The smallest absolute Gasteiger partial charge is 0.293 e. The zero-order valence-electron chi connectivity index (χ0n) is 16.8. The summed E-state index contributed by atoms with van der Waals surface area (Å²) in [5, 5.41) is 2.20. The summed E-state index contributed by atoms with van der Waals surface area (Å²) in [6.45, 7) is 0.647. The third kappa shape index (κ3) is 4.72. The second-order valence-electron chi connectivity index (χ2n) is 7.12. The average Bonchev–Trinajstić information content (AvgIpc) is 2.80. The van der Waals surface area contributed by atoms with Gasteiger partial charge in [0.05, 0.1) is 23.1 Å². The maximum absolute atomic E-state index is 12.8. The highest BCUT2D eigenvalue weighted by atomic mass is 16.2. The number of para-hydroxylation sites is 2. The van der Waals surface area contributed by atoms with Crippen LogP contribution in [0.3, 0.4) is 0 Å². The number of nitrogens with one attached hydrogen (secondary N) is 2. The SMILES string of the molecule is O=C(CCn1c(=O)[nH]c(=O)c2ccccc21)NN(Cc1ccccc1)c1ccccc1. The molecule has 0 saturated carbocycles. The molecule has 0 saturated heterocycles. The van der Waals surface area contributed by atoms with Gasteiger partial charge in [0.15, 0.2) is 0 Å². The summed E-state index contributed by atoms with van der Waals surface area (Å²) in [4.78, 5) is 39.4. The van der Waals surface area contributed by atoms with Gasteiger partial charge in [-0.2, -0.15) is 0 Å². The lowest BCUT2D eigenvalue weighted by atomic mass is 10.2. The van der Waals surface area contributed by atoms with Gasteiger partial charge in [-0.15, -0.1) is 0 Å². The lowest BCUT2D eigenvalue weighted by Gasteiger charge is -2.25. The molecule has 31 heavy (non-hydrogen) atoms. The number of amides is 1. The lowest BCUT2D eigenvalue weighted by molar-refractivity contribution is -0.121. The number of hydrazine groups is 1. The minimum absolute atomic E-state index is 0.0774. The predicted octanol–water partition coefficient (Wildman–Crippen LogP) is 2.82. The number of nitrogens with zero attached hydrogens (tertiary/aromatic N) is 2. The molecular weight excluding hydrogens is 392 g/mol. The van der Waals surface area contributed by atoms with Crippen LogP contribution >= 0.6 is 0 Å². The van der Waals surface area contributed by atoms with E-state index >= 15 is 0 Å². The van der Waals surface area contributed by atoms with Crippen molar-refractivity contribution < 1.29 is 4.79 Å². The fraction of sp³-hybridized carbons (Fsp3) is 0.125. The highest BCUT2D eigenvalue weighted by Crippen LogP contribution is 2.15. The predicted molar refractivity (Wildman–Crippen MR) is 121 cm³/mol. The minimum Gasteiger partial charge on any atom is -0.293 e. The molecule has 0 aliphatic rings. The number of anilines is 1. The first-order chi connectivity index (χ1) is 15.1. The number of hydrogen-bond acceptors (Lipinski definition) is 4. The van der Waals surface area contributed by atoms with Crippen LogP contribution in [0, 0.1) is 0 Å². The number of benzene rings is 3. The Hall–Kier alpha value is -4.13. The van der Waals surface area contributed by atoms with E-state index in [4.69, 9.17) is 0 Å². The molecule has 0 fully saturated rings.